The normalized spacial score (nSPS) is 14.4. The van der Waals surface area contributed by atoms with Gasteiger partial charge in [0, 0.05) is 24.6 Å². The quantitative estimate of drug-likeness (QED) is 0.463. The second kappa shape index (κ2) is 7.41. The Hall–Kier alpha value is -1.19. The van der Waals surface area contributed by atoms with Gasteiger partial charge in [-0.15, -0.1) is 0 Å². The molecule has 1 N–H and O–H groups in total. The molecule has 1 unspecified atom stereocenters. The van der Waals surface area contributed by atoms with E-state index in [-0.39, 0.29) is 10.5 Å². The average molecular weight is 263 g/mol. The zero-order valence-electron chi connectivity index (χ0n) is 12.6. The van der Waals surface area contributed by atoms with Gasteiger partial charge >= 0.3 is 5.91 Å². The molecule has 0 spiro atoms. The van der Waals surface area contributed by atoms with E-state index in [0.717, 1.165) is 31.6 Å². The fourth-order valence-electron chi connectivity index (χ4n) is 2.36. The highest BCUT2D eigenvalue weighted by Crippen LogP contribution is 2.23. The predicted molar refractivity (Wildman–Crippen MR) is 81.5 cm³/mol. The number of carbonyl (C=O) groups excluding carboxylic acids is 1. The average Bonchev–Trinajstić information content (AvgIpc) is 2.38. The maximum atomic E-state index is 12.3. The molecule has 0 aromatic heterocycles. The maximum absolute atomic E-state index is 12.3. The first-order valence-electron chi connectivity index (χ1n) is 7.23. The first-order valence-corrected chi connectivity index (χ1v) is 7.23. The van der Waals surface area contributed by atoms with Crippen LogP contribution in [0.15, 0.2) is 30.3 Å². The van der Waals surface area contributed by atoms with E-state index in [0.29, 0.717) is 5.92 Å². The van der Waals surface area contributed by atoms with Gasteiger partial charge in [-0.2, -0.15) is 10.0 Å². The first kappa shape index (κ1) is 15.9. The molecule has 0 saturated carbocycles. The fourth-order valence-corrected chi connectivity index (χ4v) is 2.36. The molecule has 0 aliphatic heterocycles. The Morgan fingerprint density at radius 3 is 2.37 bits per heavy atom. The van der Waals surface area contributed by atoms with Crippen molar-refractivity contribution >= 4 is 11.6 Å². The Morgan fingerprint density at radius 1 is 1.26 bits per heavy atom. The first-order chi connectivity index (χ1) is 9.03. The molecular formula is C16H27N2O+. The van der Waals surface area contributed by atoms with Crippen molar-refractivity contribution in [3.8, 4) is 0 Å². The molecule has 1 amide bonds. The summed E-state index contributed by atoms with van der Waals surface area (Å²) in [6.07, 6.45) is 2.21. The van der Waals surface area contributed by atoms with E-state index in [4.69, 9.17) is 0 Å². The van der Waals surface area contributed by atoms with E-state index in [1.807, 2.05) is 30.3 Å². The zero-order chi connectivity index (χ0) is 14.3. The summed E-state index contributed by atoms with van der Waals surface area (Å²) in [5.74, 6) is 0.592. The molecule has 1 aromatic carbocycles. The van der Waals surface area contributed by atoms with Crippen LogP contribution in [0.25, 0.3) is 0 Å². The van der Waals surface area contributed by atoms with Gasteiger partial charge in [-0.25, -0.2) is 4.79 Å². The van der Waals surface area contributed by atoms with Crippen LogP contribution in [0.4, 0.5) is 5.69 Å². The van der Waals surface area contributed by atoms with Crippen molar-refractivity contribution in [3.63, 3.8) is 0 Å². The van der Waals surface area contributed by atoms with E-state index >= 15 is 0 Å². The van der Waals surface area contributed by atoms with Crippen molar-refractivity contribution in [2.75, 3.05) is 13.1 Å². The Bertz CT molecular complexity index is 389. The fraction of sp³-hybridized carbons (Fsp3) is 0.562. The van der Waals surface area contributed by atoms with Gasteiger partial charge in [0.2, 0.25) is 0 Å². The van der Waals surface area contributed by atoms with Gasteiger partial charge in [0.1, 0.15) is 6.54 Å². The lowest BCUT2D eigenvalue weighted by molar-refractivity contribution is -0.131. The smallest absolute Gasteiger partial charge is 0.229 e. The highest BCUT2D eigenvalue weighted by atomic mass is 16.2. The predicted octanol–water partition coefficient (Wildman–Crippen LogP) is 3.50. The number of nitrogens with zero attached hydrogens (tertiary/aromatic N) is 1. The van der Waals surface area contributed by atoms with Crippen molar-refractivity contribution in [1.29, 1.82) is 0 Å². The molecule has 3 nitrogen and oxygen atoms in total. The molecule has 0 bridgehead atoms. The minimum atomic E-state index is 0.149. The van der Waals surface area contributed by atoms with Crippen LogP contribution in [0.1, 0.15) is 40.5 Å². The Balaban J connectivity index is 3.08. The number of unbranched alkanes of at least 4 members (excludes halogenated alkanes) is 1. The van der Waals surface area contributed by atoms with E-state index in [1.165, 1.54) is 0 Å². The number of hydrogen-bond acceptors (Lipinski definition) is 2. The molecule has 0 aliphatic rings. The van der Waals surface area contributed by atoms with Crippen LogP contribution in [-0.4, -0.2) is 19.0 Å². The third-order valence-corrected chi connectivity index (χ3v) is 3.29. The van der Waals surface area contributed by atoms with Gasteiger partial charge < -0.3 is 0 Å². The number of quaternary nitrogens is 1. The van der Waals surface area contributed by atoms with Crippen molar-refractivity contribution < 1.29 is 4.79 Å². The molecule has 0 saturated heterocycles. The molecular weight excluding hydrogens is 236 g/mol. The van der Waals surface area contributed by atoms with Crippen LogP contribution in [0, 0.1) is 5.92 Å². The third-order valence-electron chi connectivity index (χ3n) is 3.29. The summed E-state index contributed by atoms with van der Waals surface area (Å²) < 4.78 is 0.249. The van der Waals surface area contributed by atoms with E-state index in [2.05, 4.69) is 26.2 Å². The SMILES string of the molecule is CCCCN[N+](CC(C)C)(C(C)=O)c1ccccc1. The van der Waals surface area contributed by atoms with Crippen molar-refractivity contribution in [2.45, 2.75) is 40.5 Å². The number of hydrogen-bond donors (Lipinski definition) is 1. The molecule has 3 heteroatoms. The molecule has 19 heavy (non-hydrogen) atoms. The van der Waals surface area contributed by atoms with E-state index in [1.54, 1.807) is 6.92 Å². The van der Waals surface area contributed by atoms with E-state index in [9.17, 15) is 4.79 Å². The Labute approximate surface area is 117 Å². The monoisotopic (exact) mass is 263 g/mol. The lowest BCUT2D eigenvalue weighted by Gasteiger charge is -2.35. The summed E-state index contributed by atoms with van der Waals surface area (Å²) in [5.41, 5.74) is 4.50. The van der Waals surface area contributed by atoms with Crippen LogP contribution in [0.3, 0.4) is 0 Å². The van der Waals surface area contributed by atoms with Crippen molar-refractivity contribution in [1.82, 2.24) is 10.0 Å². The topological polar surface area (TPSA) is 29.1 Å². The minimum Gasteiger partial charge on any atom is -0.229 e. The second-order valence-corrected chi connectivity index (χ2v) is 5.50. The number of amides is 1. The number of carbonyl (C=O) groups is 1. The lowest BCUT2D eigenvalue weighted by atomic mass is 10.1. The molecule has 1 aromatic rings. The van der Waals surface area contributed by atoms with Gasteiger partial charge in [0.15, 0.2) is 5.69 Å². The van der Waals surface area contributed by atoms with E-state index < -0.39 is 0 Å². The molecule has 0 fully saturated rings. The van der Waals surface area contributed by atoms with Crippen LogP contribution >= 0.6 is 0 Å². The number of para-hydroxylation sites is 1. The van der Waals surface area contributed by atoms with Gasteiger partial charge in [0.05, 0.1) is 6.92 Å². The van der Waals surface area contributed by atoms with Gasteiger partial charge in [-0.1, -0.05) is 45.4 Å². The van der Waals surface area contributed by atoms with Crippen LogP contribution in [0.2, 0.25) is 0 Å². The zero-order valence-corrected chi connectivity index (χ0v) is 12.6. The van der Waals surface area contributed by atoms with Gasteiger partial charge in [-0.05, 0) is 6.42 Å². The highest BCUT2D eigenvalue weighted by molar-refractivity contribution is 5.85. The largest absolute Gasteiger partial charge is 0.334 e. The number of rotatable bonds is 7. The summed E-state index contributed by atoms with van der Waals surface area (Å²) in [6, 6.07) is 10.0. The lowest BCUT2D eigenvalue weighted by Crippen LogP contribution is -2.64. The van der Waals surface area contributed by atoms with Crippen molar-refractivity contribution in [2.24, 2.45) is 5.92 Å². The summed E-state index contributed by atoms with van der Waals surface area (Å²) in [7, 11) is 0. The van der Waals surface area contributed by atoms with Gasteiger partial charge in [0.25, 0.3) is 0 Å². The van der Waals surface area contributed by atoms with Gasteiger partial charge in [-0.3, -0.25) is 0 Å². The third kappa shape index (κ3) is 4.15. The molecule has 1 atom stereocenters. The Morgan fingerprint density at radius 2 is 1.89 bits per heavy atom. The van der Waals surface area contributed by atoms with Crippen LogP contribution < -0.4 is 10.0 Å². The van der Waals surface area contributed by atoms with Crippen LogP contribution in [0.5, 0.6) is 0 Å². The number of nitrogens with one attached hydrogen (secondary N) is 1. The maximum Gasteiger partial charge on any atom is 0.334 e. The second-order valence-electron chi connectivity index (χ2n) is 5.50. The molecule has 0 radical (unpaired) electrons. The summed E-state index contributed by atoms with van der Waals surface area (Å²) in [5, 5.41) is 0. The molecule has 0 heterocycles. The molecule has 106 valence electrons. The molecule has 1 rings (SSSR count). The minimum absolute atomic E-state index is 0.149. The summed E-state index contributed by atoms with van der Waals surface area (Å²) in [4.78, 5) is 12.3. The molecule has 0 aliphatic carbocycles. The summed E-state index contributed by atoms with van der Waals surface area (Å²) in [6.45, 7) is 9.78. The Kier molecular flexibility index (Phi) is 6.19. The van der Waals surface area contributed by atoms with Crippen molar-refractivity contribution in [3.05, 3.63) is 30.3 Å². The van der Waals surface area contributed by atoms with Crippen LogP contribution in [-0.2, 0) is 4.79 Å². The summed E-state index contributed by atoms with van der Waals surface area (Å²) >= 11 is 0. The standard InChI is InChI=1S/C16H27N2O/c1-5-6-12-17-18(15(4)19,13-14(2)3)16-10-8-7-9-11-16/h7-11,14,17H,5-6,12-13H2,1-4H3/q+1. The number of benzene rings is 1. The highest BCUT2D eigenvalue weighted by Gasteiger charge is 2.37.